The van der Waals surface area contributed by atoms with Gasteiger partial charge in [0.1, 0.15) is 0 Å². The quantitative estimate of drug-likeness (QED) is 0.422. The summed E-state index contributed by atoms with van der Waals surface area (Å²) in [5.74, 6) is -0.857. The Balaban J connectivity index is 4.44. The molecule has 0 saturated carbocycles. The SMILES string of the molecule is [CH2]CCCC(CCC(=O)OCC)(OCC)OCC. The van der Waals surface area contributed by atoms with E-state index in [1.807, 2.05) is 13.8 Å². The van der Waals surface area contributed by atoms with Crippen molar-refractivity contribution < 1.29 is 19.0 Å². The molecule has 0 fully saturated rings. The van der Waals surface area contributed by atoms with E-state index in [-0.39, 0.29) is 5.97 Å². The van der Waals surface area contributed by atoms with E-state index in [1.165, 1.54) is 0 Å². The van der Waals surface area contributed by atoms with Gasteiger partial charge in [-0.15, -0.1) is 0 Å². The molecule has 0 heterocycles. The monoisotopic (exact) mass is 259 g/mol. The number of esters is 1. The molecule has 0 aliphatic carbocycles. The fourth-order valence-electron chi connectivity index (χ4n) is 1.90. The number of carbonyl (C=O) groups is 1. The van der Waals surface area contributed by atoms with Crippen molar-refractivity contribution in [3.63, 3.8) is 0 Å². The number of hydrogen-bond acceptors (Lipinski definition) is 4. The third-order valence-electron chi connectivity index (χ3n) is 2.64. The molecule has 0 amide bonds. The van der Waals surface area contributed by atoms with Gasteiger partial charge in [0, 0.05) is 26.1 Å². The molecular formula is C14H27O4. The topological polar surface area (TPSA) is 44.8 Å². The van der Waals surface area contributed by atoms with Crippen molar-refractivity contribution in [2.45, 2.75) is 58.7 Å². The van der Waals surface area contributed by atoms with Crippen molar-refractivity contribution >= 4 is 5.97 Å². The largest absolute Gasteiger partial charge is 0.466 e. The van der Waals surface area contributed by atoms with Crippen molar-refractivity contribution in [2.75, 3.05) is 19.8 Å². The Kier molecular flexibility index (Phi) is 9.98. The second-order valence-corrected chi connectivity index (χ2v) is 4.04. The first kappa shape index (κ1) is 17.4. The molecule has 0 rings (SSSR count). The molecular weight excluding hydrogens is 232 g/mol. The van der Waals surface area contributed by atoms with Crippen molar-refractivity contribution in [3.05, 3.63) is 6.92 Å². The predicted octanol–water partition coefficient (Wildman–Crippen LogP) is 3.10. The van der Waals surface area contributed by atoms with Crippen LogP contribution in [0.15, 0.2) is 0 Å². The van der Waals surface area contributed by atoms with Gasteiger partial charge in [-0.3, -0.25) is 4.79 Å². The molecule has 0 N–H and O–H groups in total. The van der Waals surface area contributed by atoms with Crippen LogP contribution in [0.25, 0.3) is 0 Å². The fraction of sp³-hybridized carbons (Fsp3) is 0.857. The minimum absolute atomic E-state index is 0.198. The second-order valence-electron chi connectivity index (χ2n) is 4.04. The van der Waals surface area contributed by atoms with E-state index in [9.17, 15) is 4.79 Å². The Hall–Kier alpha value is -0.610. The van der Waals surface area contributed by atoms with E-state index in [0.29, 0.717) is 32.7 Å². The highest BCUT2D eigenvalue weighted by Crippen LogP contribution is 2.27. The van der Waals surface area contributed by atoms with Crippen molar-refractivity contribution in [1.29, 1.82) is 0 Å². The normalized spacial score (nSPS) is 11.6. The number of carbonyl (C=O) groups excluding carboxylic acids is 1. The van der Waals surface area contributed by atoms with Crippen LogP contribution < -0.4 is 0 Å². The minimum Gasteiger partial charge on any atom is -0.466 e. The highest BCUT2D eigenvalue weighted by atomic mass is 16.7. The Labute approximate surface area is 111 Å². The molecule has 4 nitrogen and oxygen atoms in total. The van der Waals surface area contributed by atoms with Gasteiger partial charge in [-0.1, -0.05) is 13.3 Å². The van der Waals surface area contributed by atoms with Crippen molar-refractivity contribution in [2.24, 2.45) is 0 Å². The summed E-state index contributed by atoms with van der Waals surface area (Å²) in [6, 6.07) is 0. The summed E-state index contributed by atoms with van der Waals surface area (Å²) in [5.41, 5.74) is 0. The summed E-state index contributed by atoms with van der Waals surface area (Å²) in [5, 5.41) is 0. The lowest BCUT2D eigenvalue weighted by Gasteiger charge is -2.33. The summed E-state index contributed by atoms with van der Waals surface area (Å²) in [4.78, 5) is 11.4. The van der Waals surface area contributed by atoms with Gasteiger partial charge in [0.2, 0.25) is 0 Å². The smallest absolute Gasteiger partial charge is 0.305 e. The van der Waals surface area contributed by atoms with Crippen LogP contribution in [-0.2, 0) is 19.0 Å². The number of unbranched alkanes of at least 4 members (excludes halogenated alkanes) is 1. The van der Waals surface area contributed by atoms with E-state index >= 15 is 0 Å². The van der Waals surface area contributed by atoms with E-state index in [1.54, 1.807) is 6.92 Å². The molecule has 0 aromatic heterocycles. The molecule has 0 atom stereocenters. The first-order chi connectivity index (χ1) is 8.64. The van der Waals surface area contributed by atoms with Crippen LogP contribution in [0.4, 0.5) is 0 Å². The first-order valence-electron chi connectivity index (χ1n) is 6.86. The first-order valence-corrected chi connectivity index (χ1v) is 6.86. The fourth-order valence-corrected chi connectivity index (χ4v) is 1.90. The molecule has 0 aliphatic rings. The van der Waals surface area contributed by atoms with Gasteiger partial charge < -0.3 is 14.2 Å². The molecule has 1 radical (unpaired) electrons. The molecule has 0 unspecified atom stereocenters. The Morgan fingerprint density at radius 1 is 1.06 bits per heavy atom. The summed E-state index contributed by atoms with van der Waals surface area (Å²) in [6.45, 7) is 11.1. The Morgan fingerprint density at radius 2 is 1.67 bits per heavy atom. The minimum atomic E-state index is -0.659. The average molecular weight is 259 g/mol. The molecule has 107 valence electrons. The zero-order valence-corrected chi connectivity index (χ0v) is 12.0. The molecule has 0 bridgehead atoms. The lowest BCUT2D eigenvalue weighted by Crippen LogP contribution is -2.37. The number of ether oxygens (including phenoxy) is 3. The van der Waals surface area contributed by atoms with E-state index in [0.717, 1.165) is 19.3 Å². The molecule has 0 aromatic rings. The maximum atomic E-state index is 11.4. The highest BCUT2D eigenvalue weighted by Gasteiger charge is 2.31. The number of hydrogen-bond donors (Lipinski definition) is 0. The van der Waals surface area contributed by atoms with Crippen LogP contribution >= 0.6 is 0 Å². The van der Waals surface area contributed by atoms with Crippen LogP contribution in [-0.4, -0.2) is 31.6 Å². The molecule has 4 heteroatoms. The average Bonchev–Trinajstić information content (AvgIpc) is 2.35. The van der Waals surface area contributed by atoms with Crippen LogP contribution in [0, 0.1) is 6.92 Å². The zero-order valence-electron chi connectivity index (χ0n) is 12.0. The van der Waals surface area contributed by atoms with Gasteiger partial charge in [0.25, 0.3) is 0 Å². The van der Waals surface area contributed by atoms with Gasteiger partial charge >= 0.3 is 5.97 Å². The van der Waals surface area contributed by atoms with E-state index in [4.69, 9.17) is 14.2 Å². The zero-order chi connectivity index (χ0) is 13.9. The summed E-state index contributed by atoms with van der Waals surface area (Å²) in [6.07, 6.45) is 3.38. The molecule has 18 heavy (non-hydrogen) atoms. The highest BCUT2D eigenvalue weighted by molar-refractivity contribution is 5.69. The Bertz CT molecular complexity index is 210. The van der Waals surface area contributed by atoms with Gasteiger partial charge in [-0.2, -0.15) is 0 Å². The van der Waals surface area contributed by atoms with Crippen LogP contribution in [0.2, 0.25) is 0 Å². The van der Waals surface area contributed by atoms with Gasteiger partial charge in [-0.25, -0.2) is 0 Å². The lowest BCUT2D eigenvalue weighted by atomic mass is 10.0. The van der Waals surface area contributed by atoms with Crippen molar-refractivity contribution in [1.82, 2.24) is 0 Å². The number of rotatable bonds is 11. The standard InChI is InChI=1S/C14H27O4/c1-5-9-11-14(17-7-3,18-8-4)12-10-13(15)16-6-2/h1,5-12H2,2-4H3. The maximum absolute atomic E-state index is 11.4. The van der Waals surface area contributed by atoms with Crippen molar-refractivity contribution in [3.8, 4) is 0 Å². The molecule has 0 saturated heterocycles. The summed E-state index contributed by atoms with van der Waals surface area (Å²) in [7, 11) is 0. The van der Waals surface area contributed by atoms with Gasteiger partial charge in [0.15, 0.2) is 5.79 Å². The maximum Gasteiger partial charge on any atom is 0.305 e. The van der Waals surface area contributed by atoms with Gasteiger partial charge in [-0.05, 0) is 27.2 Å². The summed E-state index contributed by atoms with van der Waals surface area (Å²) >= 11 is 0. The predicted molar refractivity (Wildman–Crippen MR) is 71.1 cm³/mol. The molecule has 0 aliphatic heterocycles. The molecule has 0 aromatic carbocycles. The van der Waals surface area contributed by atoms with Crippen LogP contribution in [0.5, 0.6) is 0 Å². The van der Waals surface area contributed by atoms with Crippen LogP contribution in [0.1, 0.15) is 52.9 Å². The third-order valence-corrected chi connectivity index (χ3v) is 2.64. The summed E-state index contributed by atoms with van der Waals surface area (Å²) < 4.78 is 16.4. The lowest BCUT2D eigenvalue weighted by molar-refractivity contribution is -0.242. The van der Waals surface area contributed by atoms with Gasteiger partial charge in [0.05, 0.1) is 13.0 Å². The van der Waals surface area contributed by atoms with E-state index in [2.05, 4.69) is 6.92 Å². The second kappa shape index (κ2) is 10.3. The van der Waals surface area contributed by atoms with E-state index < -0.39 is 5.79 Å². The van der Waals surface area contributed by atoms with Crippen LogP contribution in [0.3, 0.4) is 0 Å². The molecule has 0 spiro atoms. The Morgan fingerprint density at radius 3 is 2.11 bits per heavy atom. The third kappa shape index (κ3) is 6.97.